The average molecular weight is 584 g/mol. The highest BCUT2D eigenvalue weighted by atomic mass is 35.5. The molecule has 0 aliphatic heterocycles. The van der Waals surface area contributed by atoms with Crippen LogP contribution in [0.2, 0.25) is 20.1 Å². The van der Waals surface area contributed by atoms with E-state index in [1.54, 1.807) is 36.4 Å². The predicted molar refractivity (Wildman–Crippen MR) is 152 cm³/mol. The van der Waals surface area contributed by atoms with Crippen LogP contribution in [-0.2, 0) is 11.0 Å². The summed E-state index contributed by atoms with van der Waals surface area (Å²) in [6, 6.07) is 15.9. The zero-order valence-corrected chi connectivity index (χ0v) is 23.8. The van der Waals surface area contributed by atoms with Crippen molar-refractivity contribution in [3.05, 3.63) is 97.4 Å². The largest absolute Gasteiger partial charge is 0.302 e. The quantitative estimate of drug-likeness (QED) is 0.157. The third kappa shape index (κ3) is 6.26. The number of carbonyl (C=O) groups excluding carboxylic acids is 2. The molecule has 190 valence electrons. The van der Waals surface area contributed by atoms with Crippen LogP contribution in [0.5, 0.6) is 0 Å². The van der Waals surface area contributed by atoms with Crippen molar-refractivity contribution in [2.75, 3.05) is 0 Å². The number of hydrogen-bond acceptors (Lipinski definition) is 3. The van der Waals surface area contributed by atoms with Crippen LogP contribution in [0, 0.1) is 0 Å². The molecule has 0 bridgehead atoms. The lowest BCUT2D eigenvalue weighted by Gasteiger charge is -2.21. The van der Waals surface area contributed by atoms with Crippen molar-refractivity contribution in [3.63, 3.8) is 0 Å². The number of hydrogen-bond donors (Lipinski definition) is 0. The summed E-state index contributed by atoms with van der Waals surface area (Å²) in [6.45, 7) is 2.16. The van der Waals surface area contributed by atoms with Crippen LogP contribution in [0.15, 0.2) is 60.7 Å². The second-order valence-electron chi connectivity index (χ2n) is 8.56. The Balaban J connectivity index is 2.14. The molecule has 0 saturated heterocycles. The number of aryl methyl sites for hydroxylation is 1. The fourth-order valence-electron chi connectivity index (χ4n) is 4.16. The molecule has 36 heavy (non-hydrogen) atoms. The molecule has 0 radical (unpaired) electrons. The maximum atomic E-state index is 14.9. The summed E-state index contributed by atoms with van der Waals surface area (Å²) in [5, 5.41) is 0.220. The summed E-state index contributed by atoms with van der Waals surface area (Å²) in [7, 11) is -4.52. The number of halogens is 4. The summed E-state index contributed by atoms with van der Waals surface area (Å²) < 4.78 is 14.9. The van der Waals surface area contributed by atoms with Gasteiger partial charge in [-0.2, -0.15) is 0 Å². The van der Waals surface area contributed by atoms with Crippen LogP contribution in [0.25, 0.3) is 0 Å². The fourth-order valence-corrected chi connectivity index (χ4v) is 8.18. The minimum Gasteiger partial charge on any atom is -0.302 e. The van der Waals surface area contributed by atoms with Crippen molar-refractivity contribution in [3.8, 4) is 0 Å². The van der Waals surface area contributed by atoms with E-state index in [0.717, 1.165) is 32.1 Å². The number of rotatable bonds is 12. The Kier molecular flexibility index (Phi) is 10.7. The minimum atomic E-state index is -4.52. The van der Waals surface area contributed by atoms with Gasteiger partial charge in [-0.1, -0.05) is 122 Å². The van der Waals surface area contributed by atoms with Crippen molar-refractivity contribution in [2.24, 2.45) is 0 Å². The first-order valence-corrected chi connectivity index (χ1v) is 15.1. The topological polar surface area (TPSA) is 51.2 Å². The van der Waals surface area contributed by atoms with Gasteiger partial charge < -0.3 is 4.57 Å². The van der Waals surface area contributed by atoms with Gasteiger partial charge in [0.15, 0.2) is 0 Å². The number of unbranched alkanes of at least 4 members (excludes halogenated alkanes) is 5. The molecular formula is C28H27Cl4O3P. The summed E-state index contributed by atoms with van der Waals surface area (Å²) in [5.41, 5.74) is -1.52. The zero-order chi connectivity index (χ0) is 26.3. The molecule has 3 nitrogen and oxygen atoms in total. The molecule has 0 aliphatic carbocycles. The van der Waals surface area contributed by atoms with E-state index in [1.165, 1.54) is 30.7 Å². The van der Waals surface area contributed by atoms with Gasteiger partial charge in [-0.25, -0.2) is 0 Å². The van der Waals surface area contributed by atoms with Crippen molar-refractivity contribution in [1.29, 1.82) is 0 Å². The highest BCUT2D eigenvalue weighted by Crippen LogP contribution is 2.55. The molecule has 8 heteroatoms. The van der Waals surface area contributed by atoms with E-state index in [1.807, 2.05) is 0 Å². The fraction of sp³-hybridized carbons (Fsp3) is 0.286. The molecule has 0 N–H and O–H groups in total. The van der Waals surface area contributed by atoms with Gasteiger partial charge in [0, 0.05) is 5.30 Å². The molecule has 0 saturated carbocycles. The molecule has 3 rings (SSSR count). The lowest BCUT2D eigenvalue weighted by atomic mass is 10.1. The number of carbonyl (C=O) groups is 2. The van der Waals surface area contributed by atoms with E-state index >= 15 is 0 Å². The predicted octanol–water partition coefficient (Wildman–Crippen LogP) is 9.87. The van der Waals surface area contributed by atoms with Gasteiger partial charge in [0.25, 0.3) is 0 Å². The first-order valence-electron chi connectivity index (χ1n) is 11.9. The van der Waals surface area contributed by atoms with E-state index in [0.29, 0.717) is 12.0 Å². The van der Waals surface area contributed by atoms with E-state index in [4.69, 9.17) is 46.4 Å². The Morgan fingerprint density at radius 1 is 0.639 bits per heavy atom. The molecule has 0 aliphatic rings. The molecule has 0 heterocycles. The molecular weight excluding hydrogens is 557 g/mol. The smallest absolute Gasteiger partial charge is 0.249 e. The Morgan fingerprint density at radius 3 is 1.58 bits per heavy atom. The molecule has 3 aromatic rings. The van der Waals surface area contributed by atoms with E-state index in [-0.39, 0.29) is 36.5 Å². The third-order valence-electron chi connectivity index (χ3n) is 6.06. The summed E-state index contributed by atoms with van der Waals surface area (Å²) in [5.74, 6) is 0. The molecule has 3 aromatic carbocycles. The Morgan fingerprint density at radius 2 is 1.08 bits per heavy atom. The summed E-state index contributed by atoms with van der Waals surface area (Å²) in [6.07, 6.45) is 6.99. The van der Waals surface area contributed by atoms with Gasteiger partial charge in [0.1, 0.15) is 0 Å². The van der Waals surface area contributed by atoms with E-state index < -0.39 is 18.2 Å². The molecule has 0 spiro atoms. The van der Waals surface area contributed by atoms with Crippen molar-refractivity contribution >= 4 is 69.9 Å². The normalized spacial score (nSPS) is 11.5. The van der Waals surface area contributed by atoms with Crippen LogP contribution in [0.4, 0.5) is 0 Å². The first-order chi connectivity index (χ1) is 17.2. The van der Waals surface area contributed by atoms with Gasteiger partial charge in [-0.3, -0.25) is 9.59 Å². The zero-order valence-electron chi connectivity index (χ0n) is 19.9. The highest BCUT2D eigenvalue weighted by Gasteiger charge is 2.46. The average Bonchev–Trinajstić information content (AvgIpc) is 2.85. The molecule has 0 fully saturated rings. The highest BCUT2D eigenvalue weighted by molar-refractivity contribution is 8.01. The van der Waals surface area contributed by atoms with Crippen LogP contribution < -0.4 is 5.30 Å². The monoisotopic (exact) mass is 582 g/mol. The van der Waals surface area contributed by atoms with Gasteiger partial charge in [0.05, 0.1) is 31.2 Å². The first kappa shape index (κ1) is 29.0. The molecule has 0 atom stereocenters. The van der Waals surface area contributed by atoms with Gasteiger partial charge in [-0.15, -0.1) is 0 Å². The van der Waals surface area contributed by atoms with Crippen molar-refractivity contribution < 1.29 is 14.2 Å². The van der Waals surface area contributed by atoms with E-state index in [9.17, 15) is 14.2 Å². The van der Waals surface area contributed by atoms with Crippen molar-refractivity contribution in [1.82, 2.24) is 0 Å². The summed E-state index contributed by atoms with van der Waals surface area (Å²) >= 11 is 25.3. The van der Waals surface area contributed by atoms with Gasteiger partial charge in [-0.05, 0) is 42.7 Å². The van der Waals surface area contributed by atoms with Crippen LogP contribution >= 0.6 is 53.5 Å². The van der Waals surface area contributed by atoms with Crippen LogP contribution in [-0.4, -0.2) is 11.0 Å². The van der Waals surface area contributed by atoms with Crippen LogP contribution in [0.3, 0.4) is 0 Å². The molecule has 0 amide bonds. The summed E-state index contributed by atoms with van der Waals surface area (Å²) in [4.78, 5) is 28.0. The van der Waals surface area contributed by atoms with Crippen LogP contribution in [0.1, 0.15) is 71.7 Å². The maximum absolute atomic E-state index is 14.9. The standard InChI is InChI=1S/C28H27Cl4O3P/c1-2-3-4-5-6-7-12-19-13-8-9-18-24(19)36(35,27(33)25-20(29)14-10-15-21(25)30)28(34)26-22(31)16-11-17-23(26)32/h8-11,13-18H,2-7,12H2,1H3. The lowest BCUT2D eigenvalue weighted by Crippen LogP contribution is -2.24. The van der Waals surface area contributed by atoms with Gasteiger partial charge >= 0.3 is 0 Å². The third-order valence-corrected chi connectivity index (χ3v) is 10.0. The molecule has 0 aromatic heterocycles. The minimum absolute atomic E-state index is 0.0131. The second-order valence-corrected chi connectivity index (χ2v) is 12.7. The molecule has 0 unspecified atom stereocenters. The maximum Gasteiger partial charge on any atom is 0.249 e. The Hall–Kier alpha value is -1.61. The Bertz CT molecular complexity index is 1200. The number of benzene rings is 3. The lowest BCUT2D eigenvalue weighted by molar-refractivity contribution is 0.104. The van der Waals surface area contributed by atoms with Crippen molar-refractivity contribution in [2.45, 2.75) is 51.9 Å². The second kappa shape index (κ2) is 13.3. The van der Waals surface area contributed by atoms with E-state index in [2.05, 4.69) is 6.92 Å². The van der Waals surface area contributed by atoms with Gasteiger partial charge in [0.2, 0.25) is 18.2 Å². The SMILES string of the molecule is CCCCCCCCc1ccccc1P(=O)(C(=O)c1c(Cl)cccc1Cl)C(=O)c1c(Cl)cccc1Cl. The Labute approximate surface area is 232 Å².